The minimum Gasteiger partial charge on any atom is -0.384 e. The van der Waals surface area contributed by atoms with Crippen LogP contribution in [0.4, 0.5) is 0 Å². The van der Waals surface area contributed by atoms with Gasteiger partial charge in [0.2, 0.25) is 0 Å². The molecule has 2 rings (SSSR count). The predicted octanol–water partition coefficient (Wildman–Crippen LogP) is 2.44. The summed E-state index contributed by atoms with van der Waals surface area (Å²) in [7, 11) is 1.81. The molecule has 0 amide bonds. The minimum absolute atomic E-state index is 0.378. The summed E-state index contributed by atoms with van der Waals surface area (Å²) >= 11 is 0. The van der Waals surface area contributed by atoms with Crippen molar-refractivity contribution in [3.05, 3.63) is 10.4 Å². The van der Waals surface area contributed by atoms with Crippen LogP contribution in [0, 0.1) is 11.3 Å². The number of fused-ring (bicyclic) bond motifs is 1. The molecular weight excluding hydrogens is 216 g/mol. The van der Waals surface area contributed by atoms with Crippen LogP contribution < -0.4 is 0 Å². The molecule has 96 valence electrons. The molecule has 0 aromatic rings. The highest BCUT2D eigenvalue weighted by atomic mass is 16.5. The van der Waals surface area contributed by atoms with E-state index in [0.717, 1.165) is 32.2 Å². The summed E-state index contributed by atoms with van der Waals surface area (Å²) in [5, 5.41) is 3.63. The van der Waals surface area contributed by atoms with Gasteiger partial charge < -0.3 is 9.64 Å². The summed E-state index contributed by atoms with van der Waals surface area (Å²) in [5.41, 5.74) is 8.68. The van der Waals surface area contributed by atoms with Gasteiger partial charge in [0.1, 0.15) is 0 Å². The number of methoxy groups -OCH3 is 1. The summed E-state index contributed by atoms with van der Waals surface area (Å²) in [6.45, 7) is 4.64. The van der Waals surface area contributed by atoms with E-state index in [4.69, 9.17) is 10.3 Å². The zero-order chi connectivity index (χ0) is 12.1. The predicted molar refractivity (Wildman–Crippen MR) is 66.7 cm³/mol. The van der Waals surface area contributed by atoms with Crippen molar-refractivity contribution in [2.24, 2.45) is 16.4 Å². The van der Waals surface area contributed by atoms with Crippen LogP contribution in [0.1, 0.15) is 25.7 Å². The fourth-order valence-electron chi connectivity index (χ4n) is 3.62. The van der Waals surface area contributed by atoms with Crippen LogP contribution >= 0.6 is 0 Å². The third-order valence-electron chi connectivity index (χ3n) is 4.37. The molecule has 5 heteroatoms. The molecule has 0 aromatic heterocycles. The monoisotopic (exact) mass is 238 g/mol. The molecular formula is C12H22N4O. The molecule has 2 atom stereocenters. The fraction of sp³-hybridized carbons (Fsp3) is 1.00. The molecule has 0 bridgehead atoms. The van der Waals surface area contributed by atoms with Crippen molar-refractivity contribution in [2.45, 2.75) is 25.7 Å². The summed E-state index contributed by atoms with van der Waals surface area (Å²) in [6.07, 6.45) is 5.33. The maximum atomic E-state index is 8.30. The summed E-state index contributed by atoms with van der Waals surface area (Å²) in [5.74, 6) is 0.780. The van der Waals surface area contributed by atoms with E-state index in [1.807, 2.05) is 7.11 Å². The third-order valence-corrected chi connectivity index (χ3v) is 4.37. The third kappa shape index (κ3) is 2.73. The lowest BCUT2D eigenvalue weighted by atomic mass is 9.69. The molecule has 2 aliphatic rings. The molecule has 1 aliphatic heterocycles. The molecule has 1 saturated heterocycles. The second-order valence-corrected chi connectivity index (χ2v) is 5.43. The van der Waals surface area contributed by atoms with Crippen molar-refractivity contribution >= 4 is 0 Å². The first-order valence-corrected chi connectivity index (χ1v) is 6.53. The molecule has 1 saturated carbocycles. The van der Waals surface area contributed by atoms with Gasteiger partial charge in [-0.05, 0) is 24.3 Å². The van der Waals surface area contributed by atoms with Gasteiger partial charge in [-0.2, -0.15) is 0 Å². The highest BCUT2D eigenvalue weighted by molar-refractivity contribution is 4.98. The Kier molecular flexibility index (Phi) is 4.26. The van der Waals surface area contributed by atoms with Gasteiger partial charge in [0.15, 0.2) is 0 Å². The summed E-state index contributed by atoms with van der Waals surface area (Å²) in [4.78, 5) is 5.26. The van der Waals surface area contributed by atoms with Crippen molar-refractivity contribution < 1.29 is 4.74 Å². The molecule has 1 aliphatic carbocycles. The molecule has 0 spiro atoms. The first-order valence-electron chi connectivity index (χ1n) is 6.53. The molecule has 2 fully saturated rings. The number of likely N-dealkylation sites (tertiary alicyclic amines) is 1. The van der Waals surface area contributed by atoms with Gasteiger partial charge in [-0.1, -0.05) is 18.0 Å². The van der Waals surface area contributed by atoms with Gasteiger partial charge in [-0.25, -0.2) is 0 Å². The lowest BCUT2D eigenvalue weighted by molar-refractivity contribution is 0.0299. The highest BCUT2D eigenvalue weighted by Gasteiger charge is 2.47. The van der Waals surface area contributed by atoms with Crippen LogP contribution in [0.5, 0.6) is 0 Å². The van der Waals surface area contributed by atoms with E-state index < -0.39 is 0 Å². The van der Waals surface area contributed by atoms with Gasteiger partial charge in [-0.3, -0.25) is 0 Å². The van der Waals surface area contributed by atoms with Crippen molar-refractivity contribution in [1.29, 1.82) is 0 Å². The smallest absolute Gasteiger partial charge is 0.0534 e. The average Bonchev–Trinajstić information content (AvgIpc) is 2.68. The standard InChI is InChI=1S/C12H22N4O/c1-17-10-12-5-3-2-4-11(12)8-16(9-12)7-6-14-15-13/h11H,2-10H2,1H3/t11-,12+/m1/s1. The van der Waals surface area contributed by atoms with E-state index in [0.29, 0.717) is 12.0 Å². The van der Waals surface area contributed by atoms with Crippen molar-refractivity contribution in [1.82, 2.24) is 4.90 Å². The Morgan fingerprint density at radius 1 is 1.53 bits per heavy atom. The first kappa shape index (κ1) is 12.7. The summed E-state index contributed by atoms with van der Waals surface area (Å²) in [6, 6.07) is 0. The van der Waals surface area contributed by atoms with E-state index in [1.54, 1.807) is 0 Å². The Morgan fingerprint density at radius 2 is 2.41 bits per heavy atom. The zero-order valence-corrected chi connectivity index (χ0v) is 10.6. The van der Waals surface area contributed by atoms with E-state index in [2.05, 4.69) is 14.9 Å². The Bertz CT molecular complexity index is 299. The molecule has 0 radical (unpaired) electrons. The first-order chi connectivity index (χ1) is 8.30. The van der Waals surface area contributed by atoms with Gasteiger partial charge >= 0.3 is 0 Å². The number of hydrogen-bond acceptors (Lipinski definition) is 3. The number of azide groups is 1. The lowest BCUT2D eigenvalue weighted by Crippen LogP contribution is -2.37. The SMILES string of the molecule is COC[C@@]12CCCC[C@@H]1CN(CCN=[N+]=[N-])C2. The fourth-order valence-corrected chi connectivity index (χ4v) is 3.62. The molecule has 5 nitrogen and oxygen atoms in total. The second-order valence-electron chi connectivity index (χ2n) is 5.43. The topological polar surface area (TPSA) is 61.2 Å². The Labute approximate surface area is 103 Å². The van der Waals surface area contributed by atoms with E-state index in [-0.39, 0.29) is 0 Å². The highest BCUT2D eigenvalue weighted by Crippen LogP contribution is 2.46. The quantitative estimate of drug-likeness (QED) is 0.419. The number of hydrogen-bond donors (Lipinski definition) is 0. The number of nitrogens with zero attached hydrogens (tertiary/aromatic N) is 4. The van der Waals surface area contributed by atoms with Crippen molar-refractivity contribution in [3.63, 3.8) is 0 Å². The van der Waals surface area contributed by atoms with Crippen molar-refractivity contribution in [3.8, 4) is 0 Å². The van der Waals surface area contributed by atoms with Crippen LogP contribution in [0.25, 0.3) is 10.4 Å². The van der Waals surface area contributed by atoms with E-state index >= 15 is 0 Å². The Balaban J connectivity index is 1.95. The molecule has 0 unspecified atom stereocenters. The average molecular weight is 238 g/mol. The second kappa shape index (κ2) is 5.71. The largest absolute Gasteiger partial charge is 0.384 e. The molecule has 0 aromatic carbocycles. The van der Waals surface area contributed by atoms with Crippen LogP contribution in [0.3, 0.4) is 0 Å². The van der Waals surface area contributed by atoms with Gasteiger partial charge in [-0.15, -0.1) is 0 Å². The normalized spacial score (nSPS) is 33.1. The summed E-state index contributed by atoms with van der Waals surface area (Å²) < 4.78 is 5.45. The van der Waals surface area contributed by atoms with E-state index in [1.165, 1.54) is 25.7 Å². The lowest BCUT2D eigenvalue weighted by Gasteiger charge is -2.38. The Morgan fingerprint density at radius 3 is 3.18 bits per heavy atom. The van der Waals surface area contributed by atoms with Gasteiger partial charge in [0.05, 0.1) is 6.61 Å². The minimum atomic E-state index is 0.378. The Hall–Kier alpha value is -0.770. The number of ether oxygens (including phenoxy) is 1. The molecule has 1 heterocycles. The van der Waals surface area contributed by atoms with E-state index in [9.17, 15) is 0 Å². The van der Waals surface area contributed by atoms with Crippen LogP contribution in [0.15, 0.2) is 5.11 Å². The van der Waals surface area contributed by atoms with Crippen LogP contribution in [-0.4, -0.2) is 44.8 Å². The van der Waals surface area contributed by atoms with Crippen LogP contribution in [0.2, 0.25) is 0 Å². The zero-order valence-electron chi connectivity index (χ0n) is 10.6. The van der Waals surface area contributed by atoms with Crippen LogP contribution in [-0.2, 0) is 4.74 Å². The molecule has 17 heavy (non-hydrogen) atoms. The maximum Gasteiger partial charge on any atom is 0.0534 e. The van der Waals surface area contributed by atoms with Crippen molar-refractivity contribution in [2.75, 3.05) is 39.9 Å². The molecule has 0 N–H and O–H groups in total. The van der Waals surface area contributed by atoms with Gasteiger partial charge in [0, 0.05) is 43.6 Å². The maximum absolute atomic E-state index is 8.30. The van der Waals surface area contributed by atoms with Gasteiger partial charge in [0.25, 0.3) is 0 Å². The number of rotatable bonds is 5.